The van der Waals surface area contributed by atoms with E-state index in [1.54, 1.807) is 6.07 Å². The zero-order valence-corrected chi connectivity index (χ0v) is 13.1. The molecule has 8 nitrogen and oxygen atoms in total. The minimum absolute atomic E-state index is 0.00177. The second-order valence-corrected chi connectivity index (χ2v) is 7.68. The molecule has 3 N–H and O–H groups in total. The average molecular weight is 351 g/mol. The van der Waals surface area contributed by atoms with Crippen molar-refractivity contribution < 1.29 is 16.8 Å². The number of nitrogens with one attached hydrogen (secondary N) is 1. The number of hydrogen-bond acceptors (Lipinski definition) is 5. The number of rotatable bonds is 4. The average Bonchev–Trinajstić information content (AvgIpc) is 2.69. The van der Waals surface area contributed by atoms with Gasteiger partial charge in [0, 0.05) is 13.2 Å². The normalized spacial score (nSPS) is 12.3. The van der Waals surface area contributed by atoms with Gasteiger partial charge in [-0.1, -0.05) is 23.7 Å². The minimum Gasteiger partial charge on any atom is -0.272 e. The molecular weight excluding hydrogens is 340 g/mol. The first-order valence-corrected chi connectivity index (χ1v) is 8.86. The van der Waals surface area contributed by atoms with Crippen molar-refractivity contribution in [2.24, 2.45) is 12.2 Å². The van der Waals surface area contributed by atoms with Crippen LogP contribution in [0, 0.1) is 0 Å². The highest BCUT2D eigenvalue weighted by Gasteiger charge is 2.24. The Morgan fingerprint density at radius 2 is 1.81 bits per heavy atom. The van der Waals surface area contributed by atoms with Crippen LogP contribution in [0.4, 0.5) is 5.82 Å². The summed E-state index contributed by atoms with van der Waals surface area (Å²) < 4.78 is 50.5. The number of aromatic nitrogens is 2. The monoisotopic (exact) mass is 350 g/mol. The van der Waals surface area contributed by atoms with E-state index in [9.17, 15) is 16.8 Å². The number of primary sulfonamides is 1. The molecule has 0 aliphatic rings. The van der Waals surface area contributed by atoms with E-state index in [-0.39, 0.29) is 15.7 Å². The van der Waals surface area contributed by atoms with Gasteiger partial charge in [0.1, 0.15) is 9.79 Å². The predicted octanol–water partition coefficient (Wildman–Crippen LogP) is 0.522. The first-order valence-electron chi connectivity index (χ1n) is 5.45. The molecule has 1 aromatic heterocycles. The van der Waals surface area contributed by atoms with Crippen LogP contribution in [0.3, 0.4) is 0 Å². The highest BCUT2D eigenvalue weighted by atomic mass is 35.5. The van der Waals surface area contributed by atoms with Gasteiger partial charge in [-0.2, -0.15) is 5.10 Å². The number of aryl methyl sites for hydroxylation is 1. The van der Waals surface area contributed by atoms with Gasteiger partial charge in [0.2, 0.25) is 10.0 Å². The van der Waals surface area contributed by atoms with Gasteiger partial charge < -0.3 is 0 Å². The van der Waals surface area contributed by atoms with E-state index in [2.05, 4.69) is 9.82 Å². The Balaban J connectivity index is 2.50. The molecule has 0 bridgehead atoms. The summed E-state index contributed by atoms with van der Waals surface area (Å²) >= 11 is 5.82. The molecule has 11 heteroatoms. The maximum absolute atomic E-state index is 12.2. The summed E-state index contributed by atoms with van der Waals surface area (Å²) in [7, 11) is -6.78. The third-order valence-electron chi connectivity index (χ3n) is 2.46. The molecule has 21 heavy (non-hydrogen) atoms. The van der Waals surface area contributed by atoms with Crippen molar-refractivity contribution >= 4 is 37.5 Å². The predicted molar refractivity (Wildman–Crippen MR) is 76.8 cm³/mol. The SMILES string of the molecule is Cn1cc(S(N)(=O)=O)c(NS(=O)(=O)c2ccccc2Cl)n1. The first-order chi connectivity index (χ1) is 9.61. The number of nitrogens with two attached hydrogens (primary N) is 1. The Morgan fingerprint density at radius 3 is 2.38 bits per heavy atom. The number of anilines is 1. The number of halogens is 1. The van der Waals surface area contributed by atoms with Crippen LogP contribution >= 0.6 is 11.6 Å². The smallest absolute Gasteiger partial charge is 0.264 e. The molecule has 114 valence electrons. The molecule has 0 saturated carbocycles. The Morgan fingerprint density at radius 1 is 1.19 bits per heavy atom. The lowest BCUT2D eigenvalue weighted by molar-refractivity contribution is 0.598. The van der Waals surface area contributed by atoms with Crippen molar-refractivity contribution in [2.45, 2.75) is 9.79 Å². The molecule has 0 atom stereocenters. The molecule has 2 rings (SSSR count). The van der Waals surface area contributed by atoms with Crippen LogP contribution in [0.25, 0.3) is 0 Å². The molecule has 0 unspecified atom stereocenters. The van der Waals surface area contributed by atoms with Crippen molar-refractivity contribution in [2.75, 3.05) is 4.72 Å². The van der Waals surface area contributed by atoms with Gasteiger partial charge in [-0.15, -0.1) is 0 Å². The summed E-state index contributed by atoms with van der Waals surface area (Å²) in [4.78, 5) is -0.627. The molecule has 0 fully saturated rings. The van der Waals surface area contributed by atoms with Gasteiger partial charge in [0.25, 0.3) is 10.0 Å². The van der Waals surface area contributed by atoms with E-state index in [0.29, 0.717) is 0 Å². The van der Waals surface area contributed by atoms with Crippen molar-refractivity contribution in [3.05, 3.63) is 35.5 Å². The summed E-state index contributed by atoms with van der Waals surface area (Å²) in [5.41, 5.74) is 0. The fourth-order valence-corrected chi connectivity index (χ4v) is 3.85. The summed E-state index contributed by atoms with van der Waals surface area (Å²) in [5.74, 6) is -0.389. The fourth-order valence-electron chi connectivity index (χ4n) is 1.59. The van der Waals surface area contributed by atoms with Crippen molar-refractivity contribution in [1.29, 1.82) is 0 Å². The lowest BCUT2D eigenvalue weighted by Gasteiger charge is -2.08. The molecule has 1 heterocycles. The maximum atomic E-state index is 12.2. The molecule has 0 aliphatic heterocycles. The molecule has 1 aromatic carbocycles. The molecule has 0 amide bonds. The zero-order valence-electron chi connectivity index (χ0n) is 10.7. The van der Waals surface area contributed by atoms with Crippen LogP contribution < -0.4 is 9.86 Å². The number of hydrogen-bond donors (Lipinski definition) is 2. The quantitative estimate of drug-likeness (QED) is 0.831. The van der Waals surface area contributed by atoms with E-state index >= 15 is 0 Å². The maximum Gasteiger partial charge on any atom is 0.264 e. The topological polar surface area (TPSA) is 124 Å². The number of nitrogens with zero attached hydrogens (tertiary/aromatic N) is 2. The van der Waals surface area contributed by atoms with Gasteiger partial charge in [0.15, 0.2) is 5.82 Å². The van der Waals surface area contributed by atoms with E-state index in [4.69, 9.17) is 16.7 Å². The first kappa shape index (κ1) is 15.8. The molecule has 2 aromatic rings. The Bertz CT molecular complexity index is 890. The Labute approximate surface area is 126 Å². The number of sulfonamides is 2. The second kappa shape index (κ2) is 5.30. The van der Waals surface area contributed by atoms with Gasteiger partial charge >= 0.3 is 0 Å². The Kier molecular flexibility index (Phi) is 3.97. The highest BCUT2D eigenvalue weighted by molar-refractivity contribution is 7.93. The molecule has 0 radical (unpaired) electrons. The van der Waals surface area contributed by atoms with E-state index < -0.39 is 24.9 Å². The van der Waals surface area contributed by atoms with Crippen LogP contribution in [-0.4, -0.2) is 26.6 Å². The van der Waals surface area contributed by atoms with E-state index in [1.807, 2.05) is 0 Å². The van der Waals surface area contributed by atoms with Crippen LogP contribution in [0.15, 0.2) is 40.3 Å². The third kappa shape index (κ3) is 3.35. The second-order valence-electron chi connectivity index (χ2n) is 4.10. The van der Waals surface area contributed by atoms with Gasteiger partial charge in [-0.05, 0) is 12.1 Å². The highest BCUT2D eigenvalue weighted by Crippen LogP contribution is 2.25. The van der Waals surface area contributed by atoms with Crippen LogP contribution in [0.2, 0.25) is 5.02 Å². The van der Waals surface area contributed by atoms with Crippen LogP contribution in [0.5, 0.6) is 0 Å². The lowest BCUT2D eigenvalue weighted by atomic mass is 10.4. The molecule has 0 saturated heterocycles. The van der Waals surface area contributed by atoms with Crippen LogP contribution in [-0.2, 0) is 27.1 Å². The summed E-state index contributed by atoms with van der Waals surface area (Å²) in [6.07, 6.45) is 1.10. The summed E-state index contributed by atoms with van der Waals surface area (Å²) in [6.45, 7) is 0. The molecular formula is C10H11ClN4O4S2. The third-order valence-corrected chi connectivity index (χ3v) is 5.21. The fraction of sp³-hybridized carbons (Fsp3) is 0.100. The zero-order chi connectivity index (χ0) is 15.8. The van der Waals surface area contributed by atoms with E-state index in [0.717, 1.165) is 10.9 Å². The van der Waals surface area contributed by atoms with Crippen LogP contribution in [0.1, 0.15) is 0 Å². The largest absolute Gasteiger partial charge is 0.272 e. The Hall–Kier alpha value is -1.62. The summed E-state index contributed by atoms with van der Waals surface area (Å²) in [6, 6.07) is 5.73. The minimum atomic E-state index is -4.12. The lowest BCUT2D eigenvalue weighted by Crippen LogP contribution is -2.18. The number of benzene rings is 1. The van der Waals surface area contributed by atoms with Crippen molar-refractivity contribution in [1.82, 2.24) is 9.78 Å². The van der Waals surface area contributed by atoms with Gasteiger partial charge in [-0.25, -0.2) is 22.0 Å². The van der Waals surface area contributed by atoms with E-state index in [1.165, 1.54) is 25.2 Å². The van der Waals surface area contributed by atoms with Crippen molar-refractivity contribution in [3.8, 4) is 0 Å². The molecule has 0 spiro atoms. The van der Waals surface area contributed by atoms with Gasteiger partial charge in [0.05, 0.1) is 5.02 Å². The molecule has 0 aliphatic carbocycles. The summed E-state index contributed by atoms with van der Waals surface area (Å²) in [5, 5.41) is 8.76. The van der Waals surface area contributed by atoms with Crippen molar-refractivity contribution in [3.63, 3.8) is 0 Å². The standard InChI is InChI=1S/C10H11ClN4O4S2/c1-15-6-9(20(12,16)17)10(13-15)14-21(18,19)8-5-3-2-4-7(8)11/h2-6H,1H3,(H,13,14)(H2,12,16,17). The van der Waals surface area contributed by atoms with Gasteiger partial charge in [-0.3, -0.25) is 9.40 Å².